The number of anilines is 3. The number of carbonyl (C=O) groups is 1. The number of carbonyl (C=O) groups excluding carboxylic acids is 1. The molecule has 2 unspecified atom stereocenters. The van der Waals surface area contributed by atoms with Crippen molar-refractivity contribution in [3.63, 3.8) is 0 Å². The highest BCUT2D eigenvalue weighted by molar-refractivity contribution is 6.05. The summed E-state index contributed by atoms with van der Waals surface area (Å²) in [5, 5.41) is 3.78. The van der Waals surface area contributed by atoms with Crippen LogP contribution in [-0.4, -0.2) is 25.0 Å². The van der Waals surface area contributed by atoms with Gasteiger partial charge in [-0.2, -0.15) is 0 Å². The van der Waals surface area contributed by atoms with E-state index < -0.39 is 0 Å². The molecule has 0 bridgehead atoms. The van der Waals surface area contributed by atoms with Gasteiger partial charge >= 0.3 is 0 Å². The lowest BCUT2D eigenvalue weighted by atomic mass is 9.82. The van der Waals surface area contributed by atoms with Crippen LogP contribution in [0.25, 0.3) is 0 Å². The number of hydrogen-bond acceptors (Lipinski definition) is 3. The Morgan fingerprint density at radius 2 is 1.71 bits per heavy atom. The lowest BCUT2D eigenvalue weighted by Gasteiger charge is -2.41. The highest BCUT2D eigenvalue weighted by Gasteiger charge is 2.41. The summed E-state index contributed by atoms with van der Waals surface area (Å²) in [5.41, 5.74) is 4.62. The normalized spacial score (nSPS) is 20.8. The van der Waals surface area contributed by atoms with Gasteiger partial charge in [0.15, 0.2) is 0 Å². The van der Waals surface area contributed by atoms with Crippen molar-refractivity contribution in [2.45, 2.75) is 58.7 Å². The van der Waals surface area contributed by atoms with Crippen LogP contribution in [0.4, 0.5) is 17.1 Å². The summed E-state index contributed by atoms with van der Waals surface area (Å²) in [6, 6.07) is 17.6. The first-order valence-corrected chi connectivity index (χ1v) is 10.3. The average molecular weight is 378 g/mol. The molecular weight excluding hydrogens is 346 g/mol. The van der Waals surface area contributed by atoms with Gasteiger partial charge in [0.1, 0.15) is 6.04 Å². The SMILES string of the molecule is CC1C(=O)N(C)c2ccc(NC(c3ccccc3)C(C)(C)C)cc2N1C1CC1. The van der Waals surface area contributed by atoms with Gasteiger partial charge in [-0.05, 0) is 48.9 Å². The Labute approximate surface area is 168 Å². The number of nitrogens with zero attached hydrogens (tertiary/aromatic N) is 2. The lowest BCUT2D eigenvalue weighted by molar-refractivity contribution is -0.119. The van der Waals surface area contributed by atoms with E-state index in [-0.39, 0.29) is 23.4 Å². The van der Waals surface area contributed by atoms with Crippen LogP contribution in [0.1, 0.15) is 52.1 Å². The fourth-order valence-electron chi connectivity index (χ4n) is 4.31. The van der Waals surface area contributed by atoms with Crippen LogP contribution in [0, 0.1) is 5.41 Å². The molecule has 2 aromatic rings. The molecule has 2 atom stereocenters. The topological polar surface area (TPSA) is 35.6 Å². The Kier molecular flexibility index (Phi) is 4.60. The van der Waals surface area contributed by atoms with E-state index in [1.807, 2.05) is 14.0 Å². The summed E-state index contributed by atoms with van der Waals surface area (Å²) in [6.45, 7) is 8.82. The van der Waals surface area contributed by atoms with E-state index in [4.69, 9.17) is 0 Å². The Bertz CT molecular complexity index is 867. The maximum Gasteiger partial charge on any atom is 0.249 e. The monoisotopic (exact) mass is 377 g/mol. The van der Waals surface area contributed by atoms with Crippen LogP contribution in [0.3, 0.4) is 0 Å². The van der Waals surface area contributed by atoms with Crippen molar-refractivity contribution in [2.24, 2.45) is 5.41 Å². The third-order valence-electron chi connectivity index (χ3n) is 5.97. The van der Waals surface area contributed by atoms with E-state index >= 15 is 0 Å². The van der Waals surface area contributed by atoms with Gasteiger partial charge in [0, 0.05) is 18.8 Å². The zero-order valence-corrected chi connectivity index (χ0v) is 17.6. The van der Waals surface area contributed by atoms with Crippen molar-refractivity contribution >= 4 is 23.0 Å². The second-order valence-corrected chi connectivity index (χ2v) is 9.27. The van der Waals surface area contributed by atoms with Crippen LogP contribution in [0.15, 0.2) is 48.5 Å². The van der Waals surface area contributed by atoms with Gasteiger partial charge in [0.05, 0.1) is 17.4 Å². The molecule has 148 valence electrons. The molecule has 2 aromatic carbocycles. The summed E-state index contributed by atoms with van der Waals surface area (Å²) >= 11 is 0. The van der Waals surface area contributed by atoms with E-state index in [0.717, 1.165) is 11.4 Å². The molecule has 1 aliphatic carbocycles. The molecule has 4 nitrogen and oxygen atoms in total. The number of benzene rings is 2. The number of likely N-dealkylation sites (N-methyl/N-ethyl adjacent to an activating group) is 1. The molecule has 1 fully saturated rings. The van der Waals surface area contributed by atoms with E-state index in [1.54, 1.807) is 4.90 Å². The van der Waals surface area contributed by atoms with Crippen molar-refractivity contribution in [1.29, 1.82) is 0 Å². The molecule has 4 heteroatoms. The predicted molar refractivity (Wildman–Crippen MR) is 117 cm³/mol. The van der Waals surface area contributed by atoms with Crippen LogP contribution < -0.4 is 15.1 Å². The van der Waals surface area contributed by atoms with Crippen molar-refractivity contribution in [1.82, 2.24) is 0 Å². The first-order valence-electron chi connectivity index (χ1n) is 10.3. The summed E-state index contributed by atoms with van der Waals surface area (Å²) in [7, 11) is 1.89. The Balaban J connectivity index is 1.71. The third-order valence-corrected chi connectivity index (χ3v) is 5.97. The molecular formula is C24H31N3O. The minimum absolute atomic E-state index is 0.0630. The summed E-state index contributed by atoms with van der Waals surface area (Å²) in [4.78, 5) is 16.8. The molecule has 0 aromatic heterocycles. The number of hydrogen-bond donors (Lipinski definition) is 1. The van der Waals surface area contributed by atoms with Crippen LogP contribution in [0.5, 0.6) is 0 Å². The van der Waals surface area contributed by atoms with Crippen LogP contribution >= 0.6 is 0 Å². The van der Waals surface area contributed by atoms with Crippen molar-refractivity contribution < 1.29 is 4.79 Å². The molecule has 1 heterocycles. The highest BCUT2D eigenvalue weighted by atomic mass is 16.2. The third kappa shape index (κ3) is 3.36. The van der Waals surface area contributed by atoms with Gasteiger partial charge in [0.25, 0.3) is 0 Å². The maximum atomic E-state index is 12.7. The molecule has 1 aliphatic heterocycles. The van der Waals surface area contributed by atoms with Crippen LogP contribution in [-0.2, 0) is 4.79 Å². The second-order valence-electron chi connectivity index (χ2n) is 9.27. The molecule has 0 spiro atoms. The van der Waals surface area contributed by atoms with E-state index in [1.165, 1.54) is 24.1 Å². The van der Waals surface area contributed by atoms with E-state index in [0.29, 0.717) is 6.04 Å². The first-order chi connectivity index (χ1) is 13.3. The first kappa shape index (κ1) is 18.9. The van der Waals surface area contributed by atoms with Gasteiger partial charge in [-0.15, -0.1) is 0 Å². The summed E-state index contributed by atoms with van der Waals surface area (Å²) < 4.78 is 0. The van der Waals surface area contributed by atoms with Crippen molar-refractivity contribution in [2.75, 3.05) is 22.2 Å². The average Bonchev–Trinajstić information content (AvgIpc) is 3.49. The molecule has 2 aliphatic rings. The fraction of sp³-hybridized carbons (Fsp3) is 0.458. The number of amides is 1. The fourth-order valence-corrected chi connectivity index (χ4v) is 4.31. The molecule has 1 N–H and O–H groups in total. The number of nitrogens with one attached hydrogen (secondary N) is 1. The summed E-state index contributed by atoms with van der Waals surface area (Å²) in [5.74, 6) is 0.178. The second kappa shape index (κ2) is 6.84. The van der Waals surface area contributed by atoms with Gasteiger partial charge in [-0.25, -0.2) is 0 Å². The Morgan fingerprint density at radius 1 is 1.04 bits per heavy atom. The number of rotatable bonds is 4. The zero-order chi connectivity index (χ0) is 20.1. The standard InChI is InChI=1S/C24H31N3O/c1-16-23(28)26(5)20-14-11-18(15-21(20)27(16)19-12-13-19)25-22(24(2,3)4)17-9-7-6-8-10-17/h6-11,14-16,19,22,25H,12-13H2,1-5H3. The highest BCUT2D eigenvalue weighted by Crippen LogP contribution is 2.44. The molecule has 4 rings (SSSR count). The predicted octanol–water partition coefficient (Wildman–Crippen LogP) is 5.22. The summed E-state index contributed by atoms with van der Waals surface area (Å²) in [6.07, 6.45) is 2.35. The molecule has 1 amide bonds. The molecule has 1 saturated carbocycles. The minimum atomic E-state index is -0.104. The van der Waals surface area contributed by atoms with Crippen molar-refractivity contribution in [3.05, 3.63) is 54.1 Å². The molecule has 28 heavy (non-hydrogen) atoms. The maximum absolute atomic E-state index is 12.7. The van der Waals surface area contributed by atoms with Crippen molar-refractivity contribution in [3.8, 4) is 0 Å². The Morgan fingerprint density at radius 3 is 2.32 bits per heavy atom. The van der Waals surface area contributed by atoms with Gasteiger partial charge < -0.3 is 15.1 Å². The molecule has 0 radical (unpaired) electrons. The van der Waals surface area contributed by atoms with Crippen LogP contribution in [0.2, 0.25) is 0 Å². The zero-order valence-electron chi connectivity index (χ0n) is 17.6. The molecule has 0 saturated heterocycles. The van der Waals surface area contributed by atoms with E-state index in [9.17, 15) is 4.79 Å². The lowest BCUT2D eigenvalue weighted by Crippen LogP contribution is -2.51. The smallest absolute Gasteiger partial charge is 0.249 e. The Hall–Kier alpha value is -2.49. The van der Waals surface area contributed by atoms with Gasteiger partial charge in [0.2, 0.25) is 5.91 Å². The number of fused-ring (bicyclic) bond motifs is 1. The van der Waals surface area contributed by atoms with Gasteiger partial charge in [-0.3, -0.25) is 4.79 Å². The largest absolute Gasteiger partial charge is 0.378 e. The minimum Gasteiger partial charge on any atom is -0.378 e. The van der Waals surface area contributed by atoms with Gasteiger partial charge in [-0.1, -0.05) is 51.1 Å². The van der Waals surface area contributed by atoms with E-state index in [2.05, 4.69) is 79.5 Å². The quantitative estimate of drug-likeness (QED) is 0.793.